The van der Waals surface area contributed by atoms with Crippen molar-refractivity contribution in [3.05, 3.63) is 30.4 Å². The van der Waals surface area contributed by atoms with Gasteiger partial charge in [0, 0.05) is 13.2 Å². The average molecular weight is 235 g/mol. The standard InChI is InChI=1S/C9H9N5OS/c1-14-5-12-9(13-14)15-6-3-2-4-11-7(6)8(10)16/h2-5H,1H3,(H2,10,16). The summed E-state index contributed by atoms with van der Waals surface area (Å²) >= 11 is 4.86. The molecule has 2 N–H and O–H groups in total. The molecule has 2 aromatic heterocycles. The third-order valence-electron chi connectivity index (χ3n) is 1.78. The maximum atomic E-state index is 5.52. The molecule has 0 bridgehead atoms. The van der Waals surface area contributed by atoms with Crippen molar-refractivity contribution in [2.75, 3.05) is 0 Å². The van der Waals surface area contributed by atoms with Gasteiger partial charge in [-0.15, -0.1) is 5.10 Å². The fourth-order valence-electron chi connectivity index (χ4n) is 1.12. The predicted molar refractivity (Wildman–Crippen MR) is 61.2 cm³/mol. The molecular weight excluding hydrogens is 226 g/mol. The van der Waals surface area contributed by atoms with Crippen LogP contribution in [0.5, 0.6) is 11.8 Å². The van der Waals surface area contributed by atoms with E-state index in [4.69, 9.17) is 22.7 Å². The van der Waals surface area contributed by atoms with Gasteiger partial charge in [0.15, 0.2) is 5.75 Å². The van der Waals surface area contributed by atoms with Crippen molar-refractivity contribution in [3.8, 4) is 11.8 Å². The molecule has 0 saturated heterocycles. The Labute approximate surface area is 97.1 Å². The number of aryl methyl sites for hydroxylation is 1. The second kappa shape index (κ2) is 4.23. The summed E-state index contributed by atoms with van der Waals surface area (Å²) in [5.74, 6) is 0.446. The van der Waals surface area contributed by atoms with E-state index < -0.39 is 0 Å². The third-order valence-corrected chi connectivity index (χ3v) is 1.98. The predicted octanol–water partition coefficient (Wildman–Crippen LogP) is 0.637. The van der Waals surface area contributed by atoms with Gasteiger partial charge >= 0.3 is 6.01 Å². The summed E-state index contributed by atoms with van der Waals surface area (Å²) < 4.78 is 6.95. The number of pyridine rings is 1. The van der Waals surface area contributed by atoms with Crippen LogP contribution in [0, 0.1) is 0 Å². The van der Waals surface area contributed by atoms with Crippen molar-refractivity contribution in [2.24, 2.45) is 12.8 Å². The van der Waals surface area contributed by atoms with Gasteiger partial charge < -0.3 is 10.5 Å². The molecule has 0 atom stereocenters. The van der Waals surface area contributed by atoms with E-state index in [9.17, 15) is 0 Å². The van der Waals surface area contributed by atoms with Crippen molar-refractivity contribution in [1.29, 1.82) is 0 Å². The first-order valence-corrected chi connectivity index (χ1v) is 4.86. The molecule has 0 aliphatic rings. The lowest BCUT2D eigenvalue weighted by Gasteiger charge is -2.05. The third kappa shape index (κ3) is 2.14. The van der Waals surface area contributed by atoms with E-state index in [0.717, 1.165) is 0 Å². The van der Waals surface area contributed by atoms with E-state index in [0.29, 0.717) is 11.4 Å². The van der Waals surface area contributed by atoms with E-state index in [1.54, 1.807) is 25.4 Å². The number of hydrogen-bond acceptors (Lipinski definition) is 5. The number of aromatic nitrogens is 4. The van der Waals surface area contributed by atoms with E-state index in [2.05, 4.69) is 15.1 Å². The van der Waals surface area contributed by atoms with Crippen LogP contribution in [0.2, 0.25) is 0 Å². The van der Waals surface area contributed by atoms with Crippen molar-refractivity contribution in [3.63, 3.8) is 0 Å². The molecule has 0 aromatic carbocycles. The number of hydrogen-bond donors (Lipinski definition) is 1. The van der Waals surface area contributed by atoms with Gasteiger partial charge in [0.1, 0.15) is 17.0 Å². The number of nitrogens with zero attached hydrogens (tertiary/aromatic N) is 4. The highest BCUT2D eigenvalue weighted by Crippen LogP contribution is 2.20. The van der Waals surface area contributed by atoms with Gasteiger partial charge in [0.2, 0.25) is 0 Å². The SMILES string of the molecule is Cn1cnc(Oc2cccnc2C(N)=S)n1. The molecule has 2 rings (SSSR count). The fraction of sp³-hybridized carbons (Fsp3) is 0.111. The topological polar surface area (TPSA) is 78.8 Å². The second-order valence-electron chi connectivity index (χ2n) is 3.02. The van der Waals surface area contributed by atoms with Gasteiger partial charge in [-0.25, -0.2) is 4.98 Å². The molecule has 82 valence electrons. The summed E-state index contributed by atoms with van der Waals surface area (Å²) in [5, 5.41) is 3.98. The Kier molecular flexibility index (Phi) is 2.78. The van der Waals surface area contributed by atoms with Gasteiger partial charge in [-0.05, 0) is 12.1 Å². The van der Waals surface area contributed by atoms with E-state index in [-0.39, 0.29) is 11.0 Å². The molecular formula is C9H9N5OS. The summed E-state index contributed by atoms with van der Waals surface area (Å²) in [6.07, 6.45) is 3.12. The molecule has 0 saturated carbocycles. The molecule has 0 spiro atoms. The molecule has 0 aliphatic heterocycles. The molecule has 0 aliphatic carbocycles. The Bertz CT molecular complexity index is 524. The van der Waals surface area contributed by atoms with Crippen molar-refractivity contribution in [2.45, 2.75) is 0 Å². The number of thiocarbonyl (C=S) groups is 1. The maximum absolute atomic E-state index is 5.52. The minimum Gasteiger partial charge on any atom is -0.421 e. The van der Waals surface area contributed by atoms with Crippen LogP contribution in [0.4, 0.5) is 0 Å². The normalized spacial score (nSPS) is 10.1. The van der Waals surface area contributed by atoms with Gasteiger partial charge in [-0.3, -0.25) is 4.68 Å². The summed E-state index contributed by atoms with van der Waals surface area (Å²) in [6.45, 7) is 0. The lowest BCUT2D eigenvalue weighted by atomic mass is 10.3. The fourth-order valence-corrected chi connectivity index (χ4v) is 1.28. The molecule has 0 amide bonds. The number of rotatable bonds is 3. The Morgan fingerprint density at radius 1 is 1.50 bits per heavy atom. The molecule has 0 radical (unpaired) electrons. The molecule has 2 aromatic rings. The van der Waals surface area contributed by atoms with Crippen molar-refractivity contribution >= 4 is 17.2 Å². The van der Waals surface area contributed by atoms with Gasteiger partial charge in [-0.2, -0.15) is 4.98 Å². The monoisotopic (exact) mass is 235 g/mol. The highest BCUT2D eigenvalue weighted by Gasteiger charge is 2.10. The van der Waals surface area contributed by atoms with Crippen molar-refractivity contribution in [1.82, 2.24) is 19.7 Å². The molecule has 16 heavy (non-hydrogen) atoms. The van der Waals surface area contributed by atoms with Crippen LogP contribution in [0.1, 0.15) is 5.69 Å². The lowest BCUT2D eigenvalue weighted by molar-refractivity contribution is 0.436. The molecule has 0 fully saturated rings. The largest absolute Gasteiger partial charge is 0.421 e. The summed E-state index contributed by atoms with van der Waals surface area (Å²) in [7, 11) is 1.75. The Hall–Kier alpha value is -2.02. The van der Waals surface area contributed by atoms with Crippen LogP contribution in [0.15, 0.2) is 24.7 Å². The Morgan fingerprint density at radius 2 is 2.31 bits per heavy atom. The zero-order valence-corrected chi connectivity index (χ0v) is 9.31. The quantitative estimate of drug-likeness (QED) is 0.786. The van der Waals surface area contributed by atoms with Crippen LogP contribution in [0.3, 0.4) is 0 Å². The average Bonchev–Trinajstić information content (AvgIpc) is 2.64. The second-order valence-corrected chi connectivity index (χ2v) is 3.46. The minimum atomic E-state index is 0.173. The van der Waals surface area contributed by atoms with Gasteiger partial charge in [0.05, 0.1) is 0 Å². The molecule has 7 heteroatoms. The summed E-state index contributed by atoms with van der Waals surface area (Å²) in [5.41, 5.74) is 5.94. The van der Waals surface area contributed by atoms with E-state index in [1.165, 1.54) is 11.0 Å². The molecule has 6 nitrogen and oxygen atoms in total. The van der Waals surface area contributed by atoms with Crippen LogP contribution >= 0.6 is 12.2 Å². The van der Waals surface area contributed by atoms with Crippen LogP contribution in [-0.4, -0.2) is 24.7 Å². The first kappa shape index (κ1) is 10.5. The highest BCUT2D eigenvalue weighted by molar-refractivity contribution is 7.80. The first-order valence-electron chi connectivity index (χ1n) is 4.45. The van der Waals surface area contributed by atoms with E-state index in [1.807, 2.05) is 0 Å². The van der Waals surface area contributed by atoms with Crippen molar-refractivity contribution < 1.29 is 4.74 Å². The summed E-state index contributed by atoms with van der Waals surface area (Å²) in [4.78, 5) is 8.13. The van der Waals surface area contributed by atoms with Gasteiger partial charge in [-0.1, -0.05) is 12.2 Å². The van der Waals surface area contributed by atoms with Gasteiger partial charge in [0.25, 0.3) is 0 Å². The Morgan fingerprint density at radius 3 is 2.94 bits per heavy atom. The Balaban J connectivity index is 2.31. The lowest BCUT2D eigenvalue weighted by Crippen LogP contribution is -2.12. The smallest absolute Gasteiger partial charge is 0.341 e. The summed E-state index contributed by atoms with van der Waals surface area (Å²) in [6, 6.07) is 3.66. The van der Waals surface area contributed by atoms with E-state index >= 15 is 0 Å². The zero-order valence-electron chi connectivity index (χ0n) is 8.49. The van der Waals surface area contributed by atoms with Crippen LogP contribution in [-0.2, 0) is 7.05 Å². The minimum absolute atomic E-state index is 0.173. The number of ether oxygens (including phenoxy) is 1. The molecule has 2 heterocycles. The zero-order chi connectivity index (χ0) is 11.5. The van der Waals surface area contributed by atoms with Crippen LogP contribution < -0.4 is 10.5 Å². The van der Waals surface area contributed by atoms with Crippen LogP contribution in [0.25, 0.3) is 0 Å². The maximum Gasteiger partial charge on any atom is 0.341 e. The first-order chi connectivity index (χ1) is 7.66. The molecule has 0 unspecified atom stereocenters. The number of nitrogens with two attached hydrogens (primary N) is 1. The highest BCUT2D eigenvalue weighted by atomic mass is 32.1.